The van der Waals surface area contributed by atoms with Crippen LogP contribution in [0.3, 0.4) is 0 Å². The number of nitrogens with one attached hydrogen (secondary N) is 1. The minimum Gasteiger partial charge on any atom is -0.481 e. The van der Waals surface area contributed by atoms with Gasteiger partial charge in [-0.15, -0.1) is 0 Å². The Hall–Kier alpha value is -3.31. The first-order valence-electron chi connectivity index (χ1n) is 14.5. The fraction of sp³-hybridized carbons (Fsp3) is 0.394. The number of hydrogen-bond acceptors (Lipinski definition) is 7. The van der Waals surface area contributed by atoms with Crippen molar-refractivity contribution in [3.63, 3.8) is 0 Å². The summed E-state index contributed by atoms with van der Waals surface area (Å²) in [5.74, 6) is -2.14. The number of carbonyl (C=O) groups is 2. The number of aliphatic hydroxyl groups is 2. The second-order valence-electron chi connectivity index (χ2n) is 11.8. The molecule has 0 saturated carbocycles. The molecule has 0 aliphatic carbocycles. The highest BCUT2D eigenvalue weighted by molar-refractivity contribution is 6.30. The number of carbonyl (C=O) groups excluding carboxylic acids is 1. The molecule has 3 aliphatic rings. The number of carboxylic acid groups (broad SMARTS) is 1. The van der Waals surface area contributed by atoms with Crippen LogP contribution in [-0.2, 0) is 30.4 Å². The number of nitrogens with zero attached hydrogens (tertiary/aromatic N) is 1. The van der Waals surface area contributed by atoms with Gasteiger partial charge in [0.15, 0.2) is 17.1 Å². The molecule has 3 aromatic carbocycles. The highest BCUT2D eigenvalue weighted by Gasteiger charge is 2.99. The predicted octanol–water partition coefficient (Wildman–Crippen LogP) is 4.47. The van der Waals surface area contributed by atoms with Crippen molar-refractivity contribution in [2.75, 3.05) is 11.9 Å². The van der Waals surface area contributed by atoms with E-state index in [0.29, 0.717) is 28.3 Å². The summed E-state index contributed by atoms with van der Waals surface area (Å²) in [4.78, 5) is 27.8. The Balaban J connectivity index is 1.59. The van der Waals surface area contributed by atoms with Gasteiger partial charge in [-0.1, -0.05) is 86.1 Å². The smallest absolute Gasteiger partial charge is 0.305 e. The topological polar surface area (TPSA) is 132 Å². The lowest BCUT2D eigenvalue weighted by atomic mass is 9.73. The van der Waals surface area contributed by atoms with Crippen LogP contribution < -0.4 is 5.32 Å². The van der Waals surface area contributed by atoms with Gasteiger partial charge in [-0.2, -0.15) is 0 Å². The van der Waals surface area contributed by atoms with E-state index in [1.807, 2.05) is 67.3 Å². The molecule has 0 spiro atoms. The minimum atomic E-state index is -1.86. The maximum absolute atomic E-state index is 14.6. The minimum absolute atomic E-state index is 0.0453. The highest BCUT2D eigenvalue weighted by Crippen LogP contribution is 2.79. The molecule has 0 aromatic heterocycles. The number of anilines is 1. The van der Waals surface area contributed by atoms with Crippen LogP contribution in [-0.4, -0.2) is 62.2 Å². The fourth-order valence-electron chi connectivity index (χ4n) is 7.33. The van der Waals surface area contributed by atoms with E-state index in [-0.39, 0.29) is 13.0 Å². The van der Waals surface area contributed by atoms with E-state index >= 15 is 0 Å². The number of epoxide rings is 1. The third kappa shape index (κ3) is 4.18. The first-order valence-corrected chi connectivity index (χ1v) is 14.9. The summed E-state index contributed by atoms with van der Waals surface area (Å²) in [7, 11) is 0. The molecule has 6 rings (SSSR count). The maximum atomic E-state index is 14.6. The van der Waals surface area contributed by atoms with Crippen molar-refractivity contribution >= 4 is 29.2 Å². The number of benzene rings is 3. The largest absolute Gasteiger partial charge is 0.481 e. The van der Waals surface area contributed by atoms with Gasteiger partial charge in [-0.3, -0.25) is 9.59 Å². The summed E-state index contributed by atoms with van der Waals surface area (Å²) in [5.41, 5.74) is -5.00. The second-order valence-corrected chi connectivity index (χ2v) is 12.3. The number of carboxylic acids is 1. The summed E-state index contributed by atoms with van der Waals surface area (Å²) < 4.78 is 13.8. The summed E-state index contributed by atoms with van der Waals surface area (Å²) in [6.07, 6.45) is -1.78. The van der Waals surface area contributed by atoms with Gasteiger partial charge < -0.3 is 30.1 Å². The zero-order chi connectivity index (χ0) is 30.6. The van der Waals surface area contributed by atoms with Crippen LogP contribution in [0.4, 0.5) is 5.69 Å². The van der Waals surface area contributed by atoms with Crippen LogP contribution in [0.1, 0.15) is 44.2 Å². The predicted molar refractivity (Wildman–Crippen MR) is 159 cm³/mol. The van der Waals surface area contributed by atoms with E-state index in [1.165, 1.54) is 0 Å². The van der Waals surface area contributed by atoms with E-state index < -0.39 is 59.1 Å². The Morgan fingerprint density at radius 1 is 1.00 bits per heavy atom. The van der Waals surface area contributed by atoms with E-state index in [0.717, 1.165) is 0 Å². The number of para-hydroxylation sites is 1. The third-order valence-electron chi connectivity index (χ3n) is 9.08. The van der Waals surface area contributed by atoms with Crippen molar-refractivity contribution in [1.82, 2.24) is 4.90 Å². The van der Waals surface area contributed by atoms with Crippen molar-refractivity contribution in [2.24, 2.45) is 5.92 Å². The Bertz CT molecular complexity index is 1510. The average molecular weight is 607 g/mol. The molecule has 3 saturated heterocycles. The van der Waals surface area contributed by atoms with E-state index in [4.69, 9.17) is 21.1 Å². The summed E-state index contributed by atoms with van der Waals surface area (Å²) >= 11 is 6.32. The van der Waals surface area contributed by atoms with Crippen LogP contribution >= 0.6 is 11.6 Å². The lowest BCUT2D eigenvalue weighted by Crippen LogP contribution is -2.68. The normalized spacial score (nSPS) is 32.1. The number of aliphatic hydroxyl groups excluding tert-OH is 1. The van der Waals surface area contributed by atoms with Gasteiger partial charge in [-0.25, -0.2) is 4.90 Å². The van der Waals surface area contributed by atoms with Crippen LogP contribution in [0.5, 0.6) is 0 Å². The number of amides is 1. The molecule has 10 heteroatoms. The Morgan fingerprint density at radius 2 is 1.63 bits per heavy atom. The molecule has 6 unspecified atom stereocenters. The molecule has 0 radical (unpaired) electrons. The second kappa shape index (κ2) is 10.7. The number of rotatable bonds is 9. The van der Waals surface area contributed by atoms with Crippen molar-refractivity contribution in [3.8, 4) is 0 Å². The first-order chi connectivity index (χ1) is 20.5. The molecule has 226 valence electrons. The molecule has 3 heterocycles. The SMILES string of the molecule is CC(C)C1(O)N2CCC(CC(O)CC(=O)O)OC2(c2ccc(Cl)cc2)C2(c3ccccc3)OC12C(=O)Nc1ccccc1. The molecule has 3 aliphatic heterocycles. The molecule has 1 amide bonds. The number of morpholine rings is 1. The summed E-state index contributed by atoms with van der Waals surface area (Å²) in [6.45, 7) is 3.96. The molecule has 3 aromatic rings. The van der Waals surface area contributed by atoms with Gasteiger partial charge in [0.2, 0.25) is 5.60 Å². The number of aliphatic carboxylic acids is 1. The van der Waals surface area contributed by atoms with Crippen molar-refractivity contribution in [1.29, 1.82) is 0 Å². The van der Waals surface area contributed by atoms with E-state index in [2.05, 4.69) is 5.32 Å². The Morgan fingerprint density at radius 3 is 2.23 bits per heavy atom. The summed E-state index contributed by atoms with van der Waals surface area (Å²) in [6, 6.07) is 25.3. The maximum Gasteiger partial charge on any atom is 0.305 e. The number of halogens is 1. The molecule has 43 heavy (non-hydrogen) atoms. The summed E-state index contributed by atoms with van der Waals surface area (Å²) in [5, 5.41) is 36.4. The van der Waals surface area contributed by atoms with Gasteiger partial charge in [0, 0.05) is 29.2 Å². The molecular formula is C33H35ClN2O7. The van der Waals surface area contributed by atoms with E-state index in [1.54, 1.807) is 36.4 Å². The molecular weight excluding hydrogens is 572 g/mol. The van der Waals surface area contributed by atoms with Crippen molar-refractivity contribution in [2.45, 2.75) is 68.0 Å². The van der Waals surface area contributed by atoms with Crippen LogP contribution in [0.15, 0.2) is 84.9 Å². The Labute approximate surface area is 255 Å². The van der Waals surface area contributed by atoms with Crippen LogP contribution in [0.2, 0.25) is 5.02 Å². The van der Waals surface area contributed by atoms with Gasteiger partial charge in [0.1, 0.15) is 0 Å². The lowest BCUT2D eigenvalue weighted by molar-refractivity contribution is -0.326. The zero-order valence-electron chi connectivity index (χ0n) is 23.9. The van der Waals surface area contributed by atoms with E-state index in [9.17, 15) is 24.9 Å². The number of ether oxygens (including phenoxy) is 2. The number of fused-ring (bicyclic) bond motifs is 3. The quantitative estimate of drug-likeness (QED) is 0.262. The fourth-order valence-corrected chi connectivity index (χ4v) is 7.46. The van der Waals surface area contributed by atoms with Gasteiger partial charge in [0.05, 0.1) is 18.6 Å². The number of hydrogen-bond donors (Lipinski definition) is 4. The highest BCUT2D eigenvalue weighted by atomic mass is 35.5. The van der Waals surface area contributed by atoms with Gasteiger partial charge in [-0.05, 0) is 42.2 Å². The van der Waals surface area contributed by atoms with Crippen LogP contribution in [0.25, 0.3) is 0 Å². The van der Waals surface area contributed by atoms with Crippen LogP contribution in [0, 0.1) is 5.92 Å². The Kier molecular flexibility index (Phi) is 7.40. The zero-order valence-corrected chi connectivity index (χ0v) is 24.7. The van der Waals surface area contributed by atoms with Crippen molar-refractivity contribution in [3.05, 3.63) is 101 Å². The monoisotopic (exact) mass is 606 g/mol. The molecule has 6 atom stereocenters. The molecule has 9 nitrogen and oxygen atoms in total. The first kappa shape index (κ1) is 29.7. The lowest BCUT2D eigenvalue weighted by Gasteiger charge is -2.54. The van der Waals surface area contributed by atoms with Gasteiger partial charge >= 0.3 is 5.97 Å². The average Bonchev–Trinajstić information content (AvgIpc) is 3.67. The standard InChI is InChI=1S/C33H35ClN2O7/c1-21(2)32(41)31(29(40)35-25-11-7-4-8-12-25)30(43-31,22-9-5-3-6-10-22)33(23-13-15-24(34)16-14-23)36(32)18-17-27(42-33)19-26(37)20-28(38)39/h3-16,21,26-27,37,41H,17-20H2,1-2H3,(H,35,40)(H,38,39). The molecule has 4 N–H and O–H groups in total. The van der Waals surface area contributed by atoms with Gasteiger partial charge in [0.25, 0.3) is 5.91 Å². The molecule has 0 bridgehead atoms. The third-order valence-corrected chi connectivity index (χ3v) is 9.33. The molecule has 3 fully saturated rings. The van der Waals surface area contributed by atoms with Crippen molar-refractivity contribution < 1.29 is 34.4 Å².